The normalized spacial score (nSPS) is 12.8. The maximum Gasteiger partial charge on any atom is 0.253 e. The fourth-order valence-corrected chi connectivity index (χ4v) is 4.49. The van der Waals surface area contributed by atoms with Crippen LogP contribution in [0.2, 0.25) is 0 Å². The largest absolute Gasteiger partial charge is 0.349 e. The number of thioether (sulfide) groups is 1. The van der Waals surface area contributed by atoms with Crippen molar-refractivity contribution in [2.75, 3.05) is 11.1 Å². The number of nitrogens with one attached hydrogen (secondary N) is 2. The summed E-state index contributed by atoms with van der Waals surface area (Å²) in [6.45, 7) is 0. The third-order valence-corrected chi connectivity index (χ3v) is 6.54. The molecular weight excluding hydrogens is 458 g/mol. The van der Waals surface area contributed by atoms with Crippen LogP contribution in [0.1, 0.15) is 34.6 Å². The van der Waals surface area contributed by atoms with Crippen molar-refractivity contribution in [1.29, 1.82) is 0 Å². The second-order valence-electron chi connectivity index (χ2n) is 8.36. The summed E-state index contributed by atoms with van der Waals surface area (Å²) in [5.41, 5.74) is 3.04. The number of nitrogens with zero attached hydrogens (tertiary/aromatic N) is 3. The van der Waals surface area contributed by atoms with Crippen LogP contribution in [-0.2, 0) is 11.2 Å². The molecule has 3 aromatic carbocycles. The van der Waals surface area contributed by atoms with E-state index in [0.29, 0.717) is 22.8 Å². The van der Waals surface area contributed by atoms with E-state index in [1.54, 1.807) is 24.3 Å². The number of carbonyl (C=O) groups excluding carboxylic acids is 2. The summed E-state index contributed by atoms with van der Waals surface area (Å²) >= 11 is 1.31. The molecule has 1 aliphatic rings. The lowest BCUT2D eigenvalue weighted by Gasteiger charge is -2.12. The zero-order valence-corrected chi connectivity index (χ0v) is 19.9. The summed E-state index contributed by atoms with van der Waals surface area (Å²) in [5, 5.41) is 15.3. The molecule has 176 valence electrons. The van der Waals surface area contributed by atoms with Crippen LogP contribution in [0.5, 0.6) is 0 Å². The Balaban J connectivity index is 1.31. The summed E-state index contributed by atoms with van der Waals surface area (Å²) in [6.07, 6.45) is 2.63. The van der Waals surface area contributed by atoms with Gasteiger partial charge in [0.25, 0.3) is 5.91 Å². The van der Waals surface area contributed by atoms with E-state index in [1.165, 1.54) is 11.8 Å². The molecule has 0 unspecified atom stereocenters. The van der Waals surface area contributed by atoms with Gasteiger partial charge in [-0.15, -0.1) is 10.2 Å². The van der Waals surface area contributed by atoms with Gasteiger partial charge in [-0.2, -0.15) is 0 Å². The Kier molecular flexibility index (Phi) is 6.90. The average molecular weight is 484 g/mol. The highest BCUT2D eigenvalue weighted by Gasteiger charge is 2.25. The van der Waals surface area contributed by atoms with Gasteiger partial charge < -0.3 is 10.6 Å². The number of benzene rings is 3. The van der Waals surface area contributed by atoms with Gasteiger partial charge in [0, 0.05) is 18.2 Å². The third kappa shape index (κ3) is 5.78. The van der Waals surface area contributed by atoms with Crippen molar-refractivity contribution < 1.29 is 9.59 Å². The van der Waals surface area contributed by atoms with Crippen molar-refractivity contribution >= 4 is 29.3 Å². The lowest BCUT2D eigenvalue weighted by atomic mass is 10.1. The van der Waals surface area contributed by atoms with Crippen molar-refractivity contribution in [2.45, 2.75) is 30.5 Å². The summed E-state index contributed by atoms with van der Waals surface area (Å²) in [6, 6.07) is 27.3. The molecular formula is C27H25N5O2S. The molecule has 1 aromatic heterocycles. The summed E-state index contributed by atoms with van der Waals surface area (Å²) in [5.74, 6) is 0.557. The van der Waals surface area contributed by atoms with E-state index in [0.717, 1.165) is 29.9 Å². The van der Waals surface area contributed by atoms with Crippen LogP contribution < -0.4 is 10.6 Å². The Morgan fingerprint density at radius 1 is 0.886 bits per heavy atom. The highest BCUT2D eigenvalue weighted by Crippen LogP contribution is 2.25. The number of rotatable bonds is 9. The summed E-state index contributed by atoms with van der Waals surface area (Å²) < 4.78 is 1.99. The molecule has 5 rings (SSSR count). The zero-order chi connectivity index (χ0) is 24.0. The molecule has 0 spiro atoms. The van der Waals surface area contributed by atoms with Crippen LogP contribution in [0.3, 0.4) is 0 Å². The van der Waals surface area contributed by atoms with Crippen LogP contribution in [0, 0.1) is 0 Å². The number of carbonyl (C=O) groups is 2. The molecule has 0 saturated heterocycles. The Morgan fingerprint density at radius 2 is 1.57 bits per heavy atom. The molecule has 4 aromatic rings. The van der Waals surface area contributed by atoms with E-state index >= 15 is 0 Å². The van der Waals surface area contributed by atoms with Gasteiger partial charge in [0.2, 0.25) is 5.91 Å². The van der Waals surface area contributed by atoms with Crippen LogP contribution in [0.15, 0.2) is 90.1 Å². The Morgan fingerprint density at radius 3 is 2.31 bits per heavy atom. The SMILES string of the molecule is O=C(CSc1nnc(Cc2ccccc2)n1-c1ccccc1)Nc1ccccc1C(=O)NC1CC1. The molecule has 7 nitrogen and oxygen atoms in total. The first kappa shape index (κ1) is 22.9. The lowest BCUT2D eigenvalue weighted by Crippen LogP contribution is -2.27. The monoisotopic (exact) mass is 483 g/mol. The van der Waals surface area contributed by atoms with Crippen molar-refractivity contribution in [3.63, 3.8) is 0 Å². The molecule has 1 aliphatic carbocycles. The van der Waals surface area contributed by atoms with Crippen molar-refractivity contribution in [3.05, 3.63) is 102 Å². The molecule has 0 radical (unpaired) electrons. The fourth-order valence-electron chi connectivity index (χ4n) is 3.72. The fraction of sp³-hybridized carbons (Fsp3) is 0.185. The van der Waals surface area contributed by atoms with Gasteiger partial charge in [-0.05, 0) is 42.7 Å². The van der Waals surface area contributed by atoms with Gasteiger partial charge >= 0.3 is 0 Å². The highest BCUT2D eigenvalue weighted by atomic mass is 32.2. The number of hydrogen-bond donors (Lipinski definition) is 2. The number of aromatic nitrogens is 3. The smallest absolute Gasteiger partial charge is 0.253 e. The second kappa shape index (κ2) is 10.6. The van der Waals surface area contributed by atoms with Crippen molar-refractivity contribution in [1.82, 2.24) is 20.1 Å². The second-order valence-corrected chi connectivity index (χ2v) is 9.30. The Labute approximate surface area is 208 Å². The first-order chi connectivity index (χ1) is 17.2. The molecule has 2 amide bonds. The molecule has 0 bridgehead atoms. The molecule has 2 N–H and O–H groups in total. The maximum atomic E-state index is 12.8. The summed E-state index contributed by atoms with van der Waals surface area (Å²) in [7, 11) is 0. The van der Waals surface area contributed by atoms with Gasteiger partial charge in [0.05, 0.1) is 17.0 Å². The van der Waals surface area contributed by atoms with E-state index < -0.39 is 0 Å². The number of amides is 2. The number of anilines is 1. The van der Waals surface area contributed by atoms with Gasteiger partial charge in [-0.25, -0.2) is 0 Å². The molecule has 35 heavy (non-hydrogen) atoms. The van der Waals surface area contributed by atoms with E-state index in [1.807, 2.05) is 53.1 Å². The standard InChI is InChI=1S/C27H25N5O2S/c33-25(29-23-14-8-7-13-22(23)26(34)28-20-15-16-20)18-35-27-31-30-24(17-19-9-3-1-4-10-19)32(27)21-11-5-2-6-12-21/h1-14,20H,15-18H2,(H,28,34)(H,29,33). The topological polar surface area (TPSA) is 88.9 Å². The zero-order valence-electron chi connectivity index (χ0n) is 19.1. The van der Waals surface area contributed by atoms with E-state index in [4.69, 9.17) is 0 Å². The first-order valence-corrected chi connectivity index (χ1v) is 12.5. The van der Waals surface area contributed by atoms with E-state index in [2.05, 4.69) is 33.0 Å². The van der Waals surface area contributed by atoms with Crippen LogP contribution in [0.4, 0.5) is 5.69 Å². The van der Waals surface area contributed by atoms with Crippen LogP contribution >= 0.6 is 11.8 Å². The number of hydrogen-bond acceptors (Lipinski definition) is 5. The van der Waals surface area contributed by atoms with Gasteiger partial charge in [-0.3, -0.25) is 14.2 Å². The summed E-state index contributed by atoms with van der Waals surface area (Å²) in [4.78, 5) is 25.4. The minimum Gasteiger partial charge on any atom is -0.349 e. The lowest BCUT2D eigenvalue weighted by molar-refractivity contribution is -0.113. The molecule has 8 heteroatoms. The Bertz CT molecular complexity index is 1320. The third-order valence-electron chi connectivity index (χ3n) is 5.61. The Hall–Kier alpha value is -3.91. The van der Waals surface area contributed by atoms with Crippen LogP contribution in [-0.4, -0.2) is 38.4 Å². The van der Waals surface area contributed by atoms with Crippen molar-refractivity contribution in [2.24, 2.45) is 0 Å². The quantitative estimate of drug-likeness (QED) is 0.343. The molecule has 1 fully saturated rings. The van der Waals surface area contributed by atoms with Gasteiger partial charge in [0.1, 0.15) is 5.82 Å². The van der Waals surface area contributed by atoms with Crippen molar-refractivity contribution in [3.8, 4) is 5.69 Å². The van der Waals surface area contributed by atoms with E-state index in [-0.39, 0.29) is 23.6 Å². The molecule has 1 saturated carbocycles. The molecule has 0 atom stereocenters. The minimum absolute atomic E-state index is 0.134. The highest BCUT2D eigenvalue weighted by molar-refractivity contribution is 7.99. The number of para-hydroxylation sites is 2. The molecule has 1 heterocycles. The maximum absolute atomic E-state index is 12.8. The predicted octanol–water partition coefficient (Wildman–Crippen LogP) is 4.48. The van der Waals surface area contributed by atoms with Gasteiger partial charge in [-0.1, -0.05) is 72.4 Å². The predicted molar refractivity (Wildman–Crippen MR) is 137 cm³/mol. The van der Waals surface area contributed by atoms with Gasteiger partial charge in [0.15, 0.2) is 5.16 Å². The molecule has 0 aliphatic heterocycles. The van der Waals surface area contributed by atoms with E-state index in [9.17, 15) is 9.59 Å². The minimum atomic E-state index is -0.214. The first-order valence-electron chi connectivity index (χ1n) is 11.5. The average Bonchev–Trinajstić information content (AvgIpc) is 3.62. The van der Waals surface area contributed by atoms with Crippen LogP contribution in [0.25, 0.3) is 5.69 Å².